The molecule has 0 saturated carbocycles. The number of fused-ring (bicyclic) bond motifs is 2. The van der Waals surface area contributed by atoms with E-state index in [1.165, 1.54) is 10.8 Å². The van der Waals surface area contributed by atoms with Gasteiger partial charge in [0.25, 0.3) is 20.0 Å². The Labute approximate surface area is 194 Å². The number of aromatic amines is 1. The molecule has 1 amide bonds. The molecular weight excluding hydrogens is 449 g/mol. The Balaban J connectivity index is 1.98. The van der Waals surface area contributed by atoms with Crippen LogP contribution >= 0.6 is 8.53 Å². The first-order valence-corrected chi connectivity index (χ1v) is 12.3. The van der Waals surface area contributed by atoms with Crippen LogP contribution in [-0.2, 0) is 18.6 Å². The van der Waals surface area contributed by atoms with Crippen LogP contribution in [0.15, 0.2) is 15.8 Å². The summed E-state index contributed by atoms with van der Waals surface area (Å²) in [5.41, 5.74) is -2.05. The van der Waals surface area contributed by atoms with Crippen LogP contribution in [0.2, 0.25) is 0 Å². The third kappa shape index (κ3) is 4.63. The van der Waals surface area contributed by atoms with E-state index < -0.39 is 43.7 Å². The molecular formula is C21H32N5O6P. The summed E-state index contributed by atoms with van der Waals surface area (Å²) in [5.74, 6) is -0.307. The van der Waals surface area contributed by atoms with Crippen LogP contribution in [-0.4, -0.2) is 56.6 Å². The van der Waals surface area contributed by atoms with Crippen molar-refractivity contribution in [3.8, 4) is 6.07 Å². The number of aryl methyl sites for hydroxylation is 1. The van der Waals surface area contributed by atoms with Crippen LogP contribution in [0.3, 0.4) is 0 Å². The molecule has 0 spiro atoms. The Morgan fingerprint density at radius 3 is 2.55 bits per heavy atom. The minimum absolute atomic E-state index is 0.0830. The molecule has 5 atom stereocenters. The minimum atomic E-state index is -1.64. The Hall–Kier alpha value is -2.09. The molecule has 12 heteroatoms. The molecule has 2 aliphatic heterocycles. The lowest BCUT2D eigenvalue weighted by Crippen LogP contribution is -2.50. The molecule has 1 aromatic rings. The smallest absolute Gasteiger partial charge is 0.330 e. The van der Waals surface area contributed by atoms with Crippen LogP contribution in [0.5, 0.6) is 0 Å². The normalized spacial score (nSPS) is 27.4. The first kappa shape index (κ1) is 25.5. The standard InChI is InChI=1S/C21H32N5O6P/c1-7-21-16(32-33(30-10-8-9-22)26(12(2)3)13(4)5)15(23-19(21)28)18(31-21)25-11-14(6)17(27)24-20(25)29/h11-13,15-16,18H,7-8,10H2,1-6H3,(H,23,28)(H,24,27,29)/t15?,16-,18-,21-,33?/m1/s1. The molecule has 0 aliphatic carbocycles. The summed E-state index contributed by atoms with van der Waals surface area (Å²) in [4.78, 5) is 39.6. The van der Waals surface area contributed by atoms with Gasteiger partial charge in [0.1, 0.15) is 12.1 Å². The second-order valence-electron chi connectivity index (χ2n) is 8.80. The van der Waals surface area contributed by atoms with Crippen molar-refractivity contribution in [2.24, 2.45) is 0 Å². The molecule has 2 fully saturated rings. The zero-order valence-electron chi connectivity index (χ0n) is 19.8. The summed E-state index contributed by atoms with van der Waals surface area (Å²) in [6, 6.07) is 1.57. The minimum Gasteiger partial charge on any atom is -0.343 e. The van der Waals surface area contributed by atoms with Crippen LogP contribution < -0.4 is 16.6 Å². The number of aromatic nitrogens is 2. The summed E-state index contributed by atoms with van der Waals surface area (Å²) >= 11 is 0. The fourth-order valence-corrected chi connectivity index (χ4v) is 6.19. The number of hydrogen-bond acceptors (Lipinski definition) is 8. The largest absolute Gasteiger partial charge is 0.343 e. The highest BCUT2D eigenvalue weighted by Gasteiger charge is 2.67. The van der Waals surface area contributed by atoms with Gasteiger partial charge in [0.2, 0.25) is 0 Å². The van der Waals surface area contributed by atoms with Crippen molar-refractivity contribution in [3.05, 3.63) is 32.6 Å². The highest BCUT2D eigenvalue weighted by molar-refractivity contribution is 7.44. The average molecular weight is 481 g/mol. The number of nitrogens with zero attached hydrogens (tertiary/aromatic N) is 3. The topological polar surface area (TPSA) is 139 Å². The molecule has 3 heterocycles. The Kier molecular flexibility index (Phi) is 7.76. The Bertz CT molecular complexity index is 1030. The molecule has 1 aromatic heterocycles. The number of carbonyl (C=O) groups is 1. The van der Waals surface area contributed by atoms with Crippen LogP contribution in [0.1, 0.15) is 59.3 Å². The third-order valence-corrected chi connectivity index (χ3v) is 8.03. The average Bonchev–Trinajstić information content (AvgIpc) is 3.18. The molecule has 0 aromatic carbocycles. The predicted octanol–water partition coefficient (Wildman–Crippen LogP) is 1.68. The maximum Gasteiger partial charge on any atom is 0.330 e. The predicted molar refractivity (Wildman–Crippen MR) is 121 cm³/mol. The lowest BCUT2D eigenvalue weighted by molar-refractivity contribution is -0.162. The molecule has 33 heavy (non-hydrogen) atoms. The van der Waals surface area contributed by atoms with Crippen LogP contribution in [0.25, 0.3) is 0 Å². The van der Waals surface area contributed by atoms with Crippen molar-refractivity contribution in [2.45, 2.75) is 90.4 Å². The number of morpholine rings is 1. The fraction of sp³-hybridized carbons (Fsp3) is 0.714. The van der Waals surface area contributed by atoms with Gasteiger partial charge in [-0.25, -0.2) is 9.46 Å². The zero-order chi connectivity index (χ0) is 24.5. The quantitative estimate of drug-likeness (QED) is 0.380. The highest BCUT2D eigenvalue weighted by atomic mass is 31.2. The number of nitriles is 1. The zero-order valence-corrected chi connectivity index (χ0v) is 20.7. The van der Waals surface area contributed by atoms with E-state index in [-0.39, 0.29) is 31.0 Å². The lowest BCUT2D eigenvalue weighted by atomic mass is 9.96. The number of ether oxygens (including phenoxy) is 1. The van der Waals surface area contributed by atoms with E-state index in [1.807, 2.05) is 34.6 Å². The summed E-state index contributed by atoms with van der Waals surface area (Å²) in [6.07, 6.45) is 0.380. The van der Waals surface area contributed by atoms with E-state index in [2.05, 4.69) is 21.0 Å². The highest BCUT2D eigenvalue weighted by Crippen LogP contribution is 2.54. The van der Waals surface area contributed by atoms with E-state index >= 15 is 0 Å². The molecule has 3 rings (SSSR count). The van der Waals surface area contributed by atoms with Crippen LogP contribution in [0.4, 0.5) is 0 Å². The molecule has 2 N–H and O–H groups in total. The van der Waals surface area contributed by atoms with E-state index in [9.17, 15) is 14.4 Å². The SMILES string of the molecule is CC[C@]12O[C@@H](n3cc(C)c(=O)[nH]c3=O)C(NC1=O)[C@H]2OP(OCCC#N)N(C(C)C)C(C)C. The number of nitrogens with one attached hydrogen (secondary N) is 2. The van der Waals surface area contributed by atoms with Gasteiger partial charge < -0.3 is 19.1 Å². The first-order chi connectivity index (χ1) is 15.6. The maximum absolute atomic E-state index is 12.9. The van der Waals surface area contributed by atoms with Crippen molar-refractivity contribution in [1.29, 1.82) is 5.26 Å². The van der Waals surface area contributed by atoms with Crippen molar-refractivity contribution < 1.29 is 18.6 Å². The molecule has 0 radical (unpaired) electrons. The monoisotopic (exact) mass is 481 g/mol. The van der Waals surface area contributed by atoms with Gasteiger partial charge in [0.15, 0.2) is 11.8 Å². The van der Waals surface area contributed by atoms with Gasteiger partial charge in [-0.1, -0.05) is 6.92 Å². The molecule has 11 nitrogen and oxygen atoms in total. The van der Waals surface area contributed by atoms with E-state index in [0.717, 1.165) is 0 Å². The van der Waals surface area contributed by atoms with Gasteiger partial charge in [-0.3, -0.25) is 19.1 Å². The second-order valence-corrected chi connectivity index (χ2v) is 10.2. The molecule has 2 bridgehead atoms. The number of carbonyl (C=O) groups excluding carboxylic acids is 1. The third-order valence-electron chi connectivity index (χ3n) is 5.92. The van der Waals surface area contributed by atoms with Gasteiger partial charge >= 0.3 is 5.69 Å². The van der Waals surface area contributed by atoms with Crippen molar-refractivity contribution >= 4 is 14.4 Å². The Morgan fingerprint density at radius 2 is 1.97 bits per heavy atom. The number of hydrogen-bond donors (Lipinski definition) is 2. The number of rotatable bonds is 10. The maximum atomic E-state index is 12.9. The Morgan fingerprint density at radius 1 is 1.30 bits per heavy atom. The van der Waals surface area contributed by atoms with Gasteiger partial charge in [0.05, 0.1) is 19.1 Å². The van der Waals surface area contributed by atoms with Gasteiger partial charge in [0, 0.05) is 23.8 Å². The van der Waals surface area contributed by atoms with Crippen molar-refractivity contribution in [2.75, 3.05) is 6.61 Å². The summed E-state index contributed by atoms with van der Waals surface area (Å²) in [5, 5.41) is 11.9. The van der Waals surface area contributed by atoms with E-state index in [1.54, 1.807) is 6.92 Å². The molecule has 2 aliphatic rings. The van der Waals surface area contributed by atoms with Gasteiger partial charge in [-0.2, -0.15) is 5.26 Å². The van der Waals surface area contributed by atoms with E-state index in [0.29, 0.717) is 12.0 Å². The first-order valence-electron chi connectivity index (χ1n) is 11.1. The lowest BCUT2D eigenvalue weighted by Gasteiger charge is -2.38. The molecule has 182 valence electrons. The van der Waals surface area contributed by atoms with Gasteiger partial charge in [-0.05, 0) is 41.0 Å². The molecule has 2 unspecified atom stereocenters. The fourth-order valence-electron chi connectivity index (χ4n) is 4.39. The van der Waals surface area contributed by atoms with Crippen LogP contribution in [0, 0.1) is 18.3 Å². The van der Waals surface area contributed by atoms with E-state index in [4.69, 9.17) is 19.0 Å². The van der Waals surface area contributed by atoms with Crippen molar-refractivity contribution in [1.82, 2.24) is 19.5 Å². The van der Waals surface area contributed by atoms with Crippen molar-refractivity contribution in [3.63, 3.8) is 0 Å². The second kappa shape index (κ2) is 10.0. The summed E-state index contributed by atoms with van der Waals surface area (Å²) < 4.78 is 22.1. The number of H-pyrrole nitrogens is 1. The molecule has 2 saturated heterocycles. The van der Waals surface area contributed by atoms with Gasteiger partial charge in [-0.15, -0.1) is 0 Å². The summed E-state index contributed by atoms with van der Waals surface area (Å²) in [7, 11) is -1.64. The summed E-state index contributed by atoms with van der Waals surface area (Å²) in [6.45, 7) is 11.7. The number of amides is 1.